The Bertz CT molecular complexity index is 117. The van der Waals surface area contributed by atoms with E-state index in [9.17, 15) is 0 Å². The maximum Gasteiger partial charge on any atom is 0.0276 e. The van der Waals surface area contributed by atoms with Gasteiger partial charge in [0.1, 0.15) is 0 Å². The highest BCUT2D eigenvalue weighted by Crippen LogP contribution is 2.12. The van der Waals surface area contributed by atoms with E-state index in [1.54, 1.807) is 0 Å². The molecule has 0 aromatic heterocycles. The topological polar surface area (TPSA) is 41.3 Å². The minimum atomic E-state index is 0.183. The second-order valence-corrected chi connectivity index (χ2v) is 3.75. The van der Waals surface area contributed by atoms with E-state index in [-0.39, 0.29) is 5.54 Å². The van der Waals surface area contributed by atoms with Crippen LogP contribution in [-0.2, 0) is 0 Å². The van der Waals surface area contributed by atoms with Crippen LogP contribution in [0.5, 0.6) is 0 Å². The third-order valence-electron chi connectivity index (χ3n) is 2.47. The normalized spacial score (nSPS) is 22.1. The van der Waals surface area contributed by atoms with Crippen molar-refractivity contribution in [1.82, 2.24) is 10.2 Å². The molecule has 0 unspecified atom stereocenters. The molecule has 3 N–H and O–H groups in total. The molecule has 66 valence electrons. The van der Waals surface area contributed by atoms with Crippen molar-refractivity contribution in [3.63, 3.8) is 0 Å². The number of hydrogen-bond acceptors (Lipinski definition) is 3. The molecule has 1 aliphatic rings. The Balaban J connectivity index is 2.43. The van der Waals surface area contributed by atoms with Crippen LogP contribution in [0.2, 0.25) is 0 Å². The molecule has 0 aliphatic carbocycles. The van der Waals surface area contributed by atoms with Crippen LogP contribution in [0.15, 0.2) is 0 Å². The first-order chi connectivity index (χ1) is 5.17. The molecule has 11 heavy (non-hydrogen) atoms. The molecule has 0 bridgehead atoms. The van der Waals surface area contributed by atoms with E-state index >= 15 is 0 Å². The number of rotatable bonds is 2. The van der Waals surface area contributed by atoms with Gasteiger partial charge in [-0.3, -0.25) is 4.90 Å². The average molecular weight is 157 g/mol. The summed E-state index contributed by atoms with van der Waals surface area (Å²) >= 11 is 0. The minimum absolute atomic E-state index is 0.183. The van der Waals surface area contributed by atoms with Crippen LogP contribution in [0.4, 0.5) is 0 Å². The molecule has 3 heteroatoms. The molecular weight excluding hydrogens is 138 g/mol. The largest absolute Gasteiger partial charge is 0.329 e. The van der Waals surface area contributed by atoms with Crippen LogP contribution < -0.4 is 11.1 Å². The fourth-order valence-electron chi connectivity index (χ4n) is 1.40. The van der Waals surface area contributed by atoms with E-state index in [0.717, 1.165) is 32.7 Å². The number of piperazine rings is 1. The molecule has 1 aliphatic heterocycles. The fraction of sp³-hybridized carbons (Fsp3) is 1.00. The molecule has 1 rings (SSSR count). The number of nitrogens with one attached hydrogen (secondary N) is 1. The molecule has 0 aromatic carbocycles. The van der Waals surface area contributed by atoms with Gasteiger partial charge in [0.25, 0.3) is 0 Å². The zero-order valence-corrected chi connectivity index (χ0v) is 7.56. The molecule has 0 radical (unpaired) electrons. The Morgan fingerprint density at radius 1 is 1.36 bits per heavy atom. The van der Waals surface area contributed by atoms with E-state index in [2.05, 4.69) is 24.1 Å². The molecule has 0 spiro atoms. The first kappa shape index (κ1) is 8.97. The van der Waals surface area contributed by atoms with Gasteiger partial charge in [0.2, 0.25) is 0 Å². The molecule has 0 aromatic rings. The summed E-state index contributed by atoms with van der Waals surface area (Å²) in [7, 11) is 0. The quantitative estimate of drug-likeness (QED) is 0.574. The van der Waals surface area contributed by atoms with Gasteiger partial charge in [-0.15, -0.1) is 0 Å². The molecule has 0 saturated carbocycles. The van der Waals surface area contributed by atoms with Gasteiger partial charge < -0.3 is 11.1 Å². The van der Waals surface area contributed by atoms with E-state index in [1.807, 2.05) is 0 Å². The van der Waals surface area contributed by atoms with Crippen LogP contribution in [0.1, 0.15) is 13.8 Å². The van der Waals surface area contributed by atoms with Crippen molar-refractivity contribution < 1.29 is 0 Å². The van der Waals surface area contributed by atoms with Crippen molar-refractivity contribution in [2.75, 3.05) is 32.7 Å². The van der Waals surface area contributed by atoms with E-state index in [4.69, 9.17) is 5.73 Å². The van der Waals surface area contributed by atoms with Crippen LogP contribution in [0.25, 0.3) is 0 Å². The molecule has 1 saturated heterocycles. The first-order valence-electron chi connectivity index (χ1n) is 4.32. The lowest BCUT2D eigenvalue weighted by molar-refractivity contribution is 0.110. The summed E-state index contributed by atoms with van der Waals surface area (Å²) in [5.74, 6) is 0. The van der Waals surface area contributed by atoms with Crippen molar-refractivity contribution in [2.45, 2.75) is 19.4 Å². The highest BCUT2D eigenvalue weighted by atomic mass is 15.2. The van der Waals surface area contributed by atoms with Crippen molar-refractivity contribution in [1.29, 1.82) is 0 Å². The van der Waals surface area contributed by atoms with E-state index in [0.29, 0.717) is 0 Å². The summed E-state index contributed by atoms with van der Waals surface area (Å²) in [5.41, 5.74) is 5.86. The van der Waals surface area contributed by atoms with E-state index in [1.165, 1.54) is 0 Å². The lowest BCUT2D eigenvalue weighted by Crippen LogP contribution is -2.56. The monoisotopic (exact) mass is 157 g/mol. The molecule has 0 amide bonds. The number of nitrogens with zero attached hydrogens (tertiary/aromatic N) is 1. The summed E-state index contributed by atoms with van der Waals surface area (Å²) in [5, 5.41) is 3.33. The summed E-state index contributed by atoms with van der Waals surface area (Å²) in [6.45, 7) is 9.62. The average Bonchev–Trinajstić information content (AvgIpc) is 2.06. The zero-order valence-electron chi connectivity index (χ0n) is 7.56. The fourth-order valence-corrected chi connectivity index (χ4v) is 1.40. The second-order valence-electron chi connectivity index (χ2n) is 3.75. The van der Waals surface area contributed by atoms with Gasteiger partial charge in [0.05, 0.1) is 0 Å². The zero-order chi connectivity index (χ0) is 8.32. The Morgan fingerprint density at radius 3 is 2.36 bits per heavy atom. The smallest absolute Gasteiger partial charge is 0.0276 e. The summed E-state index contributed by atoms with van der Waals surface area (Å²) in [4.78, 5) is 2.45. The first-order valence-corrected chi connectivity index (χ1v) is 4.32. The van der Waals surface area contributed by atoms with Crippen LogP contribution in [0.3, 0.4) is 0 Å². The predicted molar refractivity (Wildman–Crippen MR) is 47.6 cm³/mol. The van der Waals surface area contributed by atoms with Crippen molar-refractivity contribution >= 4 is 0 Å². The highest BCUT2D eigenvalue weighted by Gasteiger charge is 2.25. The van der Waals surface area contributed by atoms with Crippen molar-refractivity contribution in [3.05, 3.63) is 0 Å². The number of nitrogens with two attached hydrogens (primary N) is 1. The Kier molecular flexibility index (Phi) is 2.87. The minimum Gasteiger partial charge on any atom is -0.329 e. The van der Waals surface area contributed by atoms with Gasteiger partial charge in [-0.2, -0.15) is 0 Å². The standard InChI is InChI=1S/C8H19N3/c1-8(2,7-9)11-5-3-10-4-6-11/h10H,3-7,9H2,1-2H3. The van der Waals surface area contributed by atoms with Gasteiger partial charge in [-0.25, -0.2) is 0 Å². The van der Waals surface area contributed by atoms with Gasteiger partial charge in [0.15, 0.2) is 0 Å². The second kappa shape index (κ2) is 3.52. The SMILES string of the molecule is CC(C)(CN)N1CCNCC1. The van der Waals surface area contributed by atoms with Gasteiger partial charge in [-0.05, 0) is 13.8 Å². The molecule has 3 nitrogen and oxygen atoms in total. The van der Waals surface area contributed by atoms with Gasteiger partial charge >= 0.3 is 0 Å². The predicted octanol–water partition coefficient (Wildman–Crippen LogP) is -0.371. The molecule has 1 heterocycles. The van der Waals surface area contributed by atoms with Gasteiger partial charge in [0, 0.05) is 38.3 Å². The third kappa shape index (κ3) is 2.15. The molecule has 0 atom stereocenters. The lowest BCUT2D eigenvalue weighted by atomic mass is 10.0. The Morgan fingerprint density at radius 2 is 1.91 bits per heavy atom. The van der Waals surface area contributed by atoms with Crippen molar-refractivity contribution in [3.8, 4) is 0 Å². The summed E-state index contributed by atoms with van der Waals surface area (Å²) < 4.78 is 0. The third-order valence-corrected chi connectivity index (χ3v) is 2.47. The maximum atomic E-state index is 5.68. The Hall–Kier alpha value is -0.120. The van der Waals surface area contributed by atoms with Crippen LogP contribution in [-0.4, -0.2) is 43.2 Å². The summed E-state index contributed by atoms with van der Waals surface area (Å²) in [6, 6.07) is 0. The van der Waals surface area contributed by atoms with Crippen LogP contribution in [0, 0.1) is 0 Å². The highest BCUT2D eigenvalue weighted by molar-refractivity contribution is 4.85. The van der Waals surface area contributed by atoms with Gasteiger partial charge in [-0.1, -0.05) is 0 Å². The molecular formula is C8H19N3. The Labute approximate surface area is 68.9 Å². The van der Waals surface area contributed by atoms with Crippen LogP contribution >= 0.6 is 0 Å². The van der Waals surface area contributed by atoms with E-state index < -0.39 is 0 Å². The molecule has 1 fully saturated rings. The summed E-state index contributed by atoms with van der Waals surface area (Å²) in [6.07, 6.45) is 0. The number of hydrogen-bond donors (Lipinski definition) is 2. The lowest BCUT2D eigenvalue weighted by Gasteiger charge is -2.40. The maximum absolute atomic E-state index is 5.68. The van der Waals surface area contributed by atoms with Crippen molar-refractivity contribution in [2.24, 2.45) is 5.73 Å².